The number of aromatic hydroxyl groups is 1. The third-order valence-electron chi connectivity index (χ3n) is 4.15. The number of para-hydroxylation sites is 2. The minimum absolute atomic E-state index is 0.00402. The second-order valence-corrected chi connectivity index (χ2v) is 5.63. The summed E-state index contributed by atoms with van der Waals surface area (Å²) >= 11 is 0. The maximum absolute atomic E-state index is 12.9. The van der Waals surface area contributed by atoms with Crippen molar-refractivity contribution in [3.05, 3.63) is 58.4 Å². The number of anilines is 1. The Balaban J connectivity index is 2.17. The van der Waals surface area contributed by atoms with Crippen molar-refractivity contribution in [2.24, 2.45) is 7.05 Å². The van der Waals surface area contributed by atoms with Crippen molar-refractivity contribution in [2.75, 3.05) is 19.5 Å². The van der Waals surface area contributed by atoms with Crippen LogP contribution in [0.5, 0.6) is 17.4 Å². The molecule has 0 saturated carbocycles. The molecule has 0 bridgehead atoms. The number of hydrogen-bond acceptors (Lipinski definition) is 5. The molecule has 1 amide bonds. The highest BCUT2D eigenvalue weighted by Crippen LogP contribution is 2.29. The van der Waals surface area contributed by atoms with Crippen LogP contribution >= 0.6 is 0 Å². The van der Waals surface area contributed by atoms with E-state index < -0.39 is 17.3 Å². The second-order valence-electron chi connectivity index (χ2n) is 5.63. The fraction of sp³-hybridized carbons (Fsp3) is 0.158. The van der Waals surface area contributed by atoms with E-state index in [1.54, 1.807) is 36.4 Å². The molecule has 3 rings (SSSR count). The maximum Gasteiger partial charge on any atom is 0.261 e. The first kappa shape index (κ1) is 17.3. The monoisotopic (exact) mass is 354 g/mol. The molecule has 0 aliphatic rings. The lowest BCUT2D eigenvalue weighted by atomic mass is 10.1. The average molecular weight is 354 g/mol. The molecule has 26 heavy (non-hydrogen) atoms. The molecule has 2 N–H and O–H groups in total. The highest BCUT2D eigenvalue weighted by molar-refractivity contribution is 6.14. The molecule has 134 valence electrons. The number of hydrogen-bond donors (Lipinski definition) is 2. The first-order chi connectivity index (χ1) is 12.5. The fourth-order valence-electron chi connectivity index (χ4n) is 2.77. The number of amides is 1. The van der Waals surface area contributed by atoms with Crippen LogP contribution in [-0.2, 0) is 7.05 Å². The van der Waals surface area contributed by atoms with E-state index in [0.29, 0.717) is 22.6 Å². The van der Waals surface area contributed by atoms with Crippen molar-refractivity contribution in [1.29, 1.82) is 0 Å². The van der Waals surface area contributed by atoms with E-state index in [4.69, 9.17) is 9.47 Å². The number of benzene rings is 2. The van der Waals surface area contributed by atoms with Crippen LogP contribution in [0, 0.1) is 0 Å². The summed E-state index contributed by atoms with van der Waals surface area (Å²) in [6.07, 6.45) is 0. The minimum Gasteiger partial charge on any atom is -0.497 e. The molecule has 1 heterocycles. The van der Waals surface area contributed by atoms with Crippen LogP contribution in [0.1, 0.15) is 10.4 Å². The maximum atomic E-state index is 12.9. The van der Waals surface area contributed by atoms with Gasteiger partial charge >= 0.3 is 0 Å². The van der Waals surface area contributed by atoms with Gasteiger partial charge in [-0.1, -0.05) is 12.1 Å². The normalized spacial score (nSPS) is 10.6. The van der Waals surface area contributed by atoms with Gasteiger partial charge in [-0.05, 0) is 30.3 Å². The highest BCUT2D eigenvalue weighted by atomic mass is 16.5. The molecule has 3 aromatic rings. The van der Waals surface area contributed by atoms with E-state index >= 15 is 0 Å². The molecule has 0 fully saturated rings. The Morgan fingerprint density at radius 2 is 1.81 bits per heavy atom. The van der Waals surface area contributed by atoms with Crippen molar-refractivity contribution in [3.8, 4) is 17.4 Å². The zero-order valence-corrected chi connectivity index (χ0v) is 14.6. The van der Waals surface area contributed by atoms with Crippen LogP contribution in [0.2, 0.25) is 0 Å². The number of pyridine rings is 1. The third-order valence-corrected chi connectivity index (χ3v) is 4.15. The van der Waals surface area contributed by atoms with Crippen LogP contribution in [0.4, 0.5) is 5.69 Å². The molecule has 0 unspecified atom stereocenters. The molecule has 0 saturated heterocycles. The van der Waals surface area contributed by atoms with Crippen LogP contribution in [-0.4, -0.2) is 29.8 Å². The van der Waals surface area contributed by atoms with Gasteiger partial charge in [-0.2, -0.15) is 0 Å². The Morgan fingerprint density at radius 1 is 1.08 bits per heavy atom. The predicted molar refractivity (Wildman–Crippen MR) is 98.4 cm³/mol. The first-order valence-electron chi connectivity index (χ1n) is 7.82. The van der Waals surface area contributed by atoms with E-state index in [-0.39, 0.29) is 10.9 Å². The average Bonchev–Trinajstić information content (AvgIpc) is 2.66. The smallest absolute Gasteiger partial charge is 0.261 e. The lowest BCUT2D eigenvalue weighted by Crippen LogP contribution is -2.22. The van der Waals surface area contributed by atoms with E-state index in [9.17, 15) is 14.7 Å². The highest BCUT2D eigenvalue weighted by Gasteiger charge is 2.21. The lowest BCUT2D eigenvalue weighted by molar-refractivity contribution is 0.102. The standard InChI is InChI=1S/C19H18N2O5/c1-21-18(23)13-10-11(25-2)8-9-12(13)16(19(21)24)17(22)20-14-6-4-5-7-15(14)26-3/h4-10,24H,1-3H3,(H,20,22). The van der Waals surface area contributed by atoms with Gasteiger partial charge in [-0.25, -0.2) is 0 Å². The number of rotatable bonds is 4. The summed E-state index contributed by atoms with van der Waals surface area (Å²) in [7, 11) is 4.38. The summed E-state index contributed by atoms with van der Waals surface area (Å²) < 4.78 is 11.4. The van der Waals surface area contributed by atoms with Gasteiger partial charge in [-0.15, -0.1) is 0 Å². The molecular weight excluding hydrogens is 336 g/mol. The topological polar surface area (TPSA) is 89.8 Å². The summed E-state index contributed by atoms with van der Waals surface area (Å²) in [6, 6.07) is 11.7. The minimum atomic E-state index is -0.558. The number of ether oxygens (including phenoxy) is 2. The van der Waals surface area contributed by atoms with Crippen molar-refractivity contribution in [2.45, 2.75) is 0 Å². The number of nitrogens with zero attached hydrogens (tertiary/aromatic N) is 1. The molecule has 2 aromatic carbocycles. The number of carbonyl (C=O) groups excluding carboxylic acids is 1. The molecule has 7 nitrogen and oxygen atoms in total. The molecule has 0 aliphatic carbocycles. The predicted octanol–water partition coefficient (Wildman–Crippen LogP) is 2.51. The zero-order chi connectivity index (χ0) is 18.8. The molecular formula is C19H18N2O5. The number of nitrogens with one attached hydrogen (secondary N) is 1. The Bertz CT molecular complexity index is 1060. The fourth-order valence-corrected chi connectivity index (χ4v) is 2.77. The Hall–Kier alpha value is -3.48. The van der Waals surface area contributed by atoms with Crippen molar-refractivity contribution < 1.29 is 19.4 Å². The quantitative estimate of drug-likeness (QED) is 0.751. The molecule has 0 atom stereocenters. The SMILES string of the molecule is COc1ccc2c(C(=O)Nc3ccccc3OC)c(O)n(C)c(=O)c2c1. The van der Waals surface area contributed by atoms with Gasteiger partial charge in [0.15, 0.2) is 0 Å². The van der Waals surface area contributed by atoms with Gasteiger partial charge in [0, 0.05) is 12.4 Å². The summed E-state index contributed by atoms with van der Waals surface area (Å²) in [4.78, 5) is 25.3. The lowest BCUT2D eigenvalue weighted by Gasteiger charge is -2.14. The Kier molecular flexibility index (Phi) is 4.53. The Labute approximate surface area is 149 Å². The molecule has 0 aliphatic heterocycles. The number of methoxy groups -OCH3 is 2. The van der Waals surface area contributed by atoms with Crippen molar-refractivity contribution in [3.63, 3.8) is 0 Å². The van der Waals surface area contributed by atoms with Crippen molar-refractivity contribution in [1.82, 2.24) is 4.57 Å². The largest absolute Gasteiger partial charge is 0.497 e. The number of fused-ring (bicyclic) bond motifs is 1. The van der Waals surface area contributed by atoms with Gasteiger partial charge in [0.2, 0.25) is 5.88 Å². The van der Waals surface area contributed by atoms with Crippen molar-refractivity contribution >= 4 is 22.4 Å². The number of aromatic nitrogens is 1. The molecule has 7 heteroatoms. The number of carbonyl (C=O) groups is 1. The van der Waals surface area contributed by atoms with Gasteiger partial charge in [0.25, 0.3) is 11.5 Å². The summed E-state index contributed by atoms with van der Waals surface area (Å²) in [6.45, 7) is 0. The summed E-state index contributed by atoms with van der Waals surface area (Å²) in [5.74, 6) is -0.00894. The third kappa shape index (κ3) is 2.83. The second kappa shape index (κ2) is 6.79. The summed E-state index contributed by atoms with van der Waals surface area (Å²) in [5.41, 5.74) is 0.0239. The van der Waals surface area contributed by atoms with E-state index in [0.717, 1.165) is 4.57 Å². The zero-order valence-electron chi connectivity index (χ0n) is 14.6. The van der Waals surface area contributed by atoms with E-state index in [1.807, 2.05) is 0 Å². The van der Waals surface area contributed by atoms with Gasteiger partial charge < -0.3 is 19.9 Å². The van der Waals surface area contributed by atoms with E-state index in [1.165, 1.54) is 27.3 Å². The van der Waals surface area contributed by atoms with Gasteiger partial charge in [0.1, 0.15) is 17.1 Å². The first-order valence-corrected chi connectivity index (χ1v) is 7.82. The van der Waals surface area contributed by atoms with Crippen LogP contribution < -0.4 is 20.3 Å². The van der Waals surface area contributed by atoms with Gasteiger partial charge in [-0.3, -0.25) is 14.2 Å². The Morgan fingerprint density at radius 3 is 2.50 bits per heavy atom. The van der Waals surface area contributed by atoms with E-state index in [2.05, 4.69) is 5.32 Å². The molecule has 1 aromatic heterocycles. The van der Waals surface area contributed by atoms with Crippen LogP contribution in [0.15, 0.2) is 47.3 Å². The molecule has 0 radical (unpaired) electrons. The molecule has 0 spiro atoms. The van der Waals surface area contributed by atoms with Crippen LogP contribution in [0.25, 0.3) is 10.8 Å². The van der Waals surface area contributed by atoms with Crippen LogP contribution in [0.3, 0.4) is 0 Å². The van der Waals surface area contributed by atoms with Gasteiger partial charge in [0.05, 0.1) is 25.3 Å². The summed E-state index contributed by atoms with van der Waals surface area (Å²) in [5, 5.41) is 13.7.